The number of aliphatic hydroxyl groups excluding tert-OH is 1. The fourth-order valence-electron chi connectivity index (χ4n) is 4.18. The van der Waals surface area contributed by atoms with Crippen molar-refractivity contribution in [2.75, 3.05) is 24.7 Å². The summed E-state index contributed by atoms with van der Waals surface area (Å²) in [7, 11) is -3.90. The van der Waals surface area contributed by atoms with Crippen molar-refractivity contribution >= 4 is 32.6 Å². The van der Waals surface area contributed by atoms with Crippen molar-refractivity contribution in [1.29, 1.82) is 0 Å². The molecule has 1 aliphatic heterocycles. The van der Waals surface area contributed by atoms with E-state index in [-0.39, 0.29) is 28.4 Å². The Labute approximate surface area is 205 Å². The van der Waals surface area contributed by atoms with E-state index in [2.05, 4.69) is 19.9 Å². The zero-order chi connectivity index (χ0) is 25.0. The van der Waals surface area contributed by atoms with Crippen LogP contribution in [0.25, 0.3) is 16.3 Å². The average Bonchev–Trinajstić information content (AvgIpc) is 3.21. The molecule has 190 valence electrons. The zero-order valence-electron chi connectivity index (χ0n) is 19.2. The number of sulfonamides is 1. The average molecular weight is 529 g/mol. The van der Waals surface area contributed by atoms with Gasteiger partial charge in [-0.25, -0.2) is 26.9 Å². The van der Waals surface area contributed by atoms with Gasteiger partial charge in [-0.3, -0.25) is 4.40 Å². The molecule has 5 rings (SSSR count). The summed E-state index contributed by atoms with van der Waals surface area (Å²) in [5.74, 6) is 0.223. The number of halogens is 2. The minimum atomic E-state index is -3.90. The summed E-state index contributed by atoms with van der Waals surface area (Å²) in [6.45, 7) is 4.40. The number of fused-ring (bicyclic) bond motifs is 1. The van der Waals surface area contributed by atoms with E-state index in [0.717, 1.165) is 19.3 Å². The molecule has 0 radical (unpaired) electrons. The van der Waals surface area contributed by atoms with Gasteiger partial charge in [-0.05, 0) is 32.3 Å². The molecule has 2 aliphatic rings. The van der Waals surface area contributed by atoms with Crippen LogP contribution in [-0.2, 0) is 14.8 Å². The lowest BCUT2D eigenvalue weighted by atomic mass is 10.1. The van der Waals surface area contributed by atoms with Gasteiger partial charge < -0.3 is 14.7 Å². The predicted molar refractivity (Wildman–Crippen MR) is 125 cm³/mol. The number of pyridine rings is 1. The van der Waals surface area contributed by atoms with E-state index in [1.54, 1.807) is 16.7 Å². The number of ether oxygens (including phenoxy) is 1. The van der Waals surface area contributed by atoms with Crippen molar-refractivity contribution in [2.45, 2.75) is 62.1 Å². The van der Waals surface area contributed by atoms with E-state index in [4.69, 9.17) is 4.74 Å². The molecule has 1 saturated heterocycles. The smallest absolute Gasteiger partial charge is 0.291 e. The van der Waals surface area contributed by atoms with Crippen LogP contribution in [0.4, 0.5) is 14.5 Å². The Kier molecular flexibility index (Phi) is 6.28. The number of hydrogen-bond acceptors (Lipinski definition) is 9. The molecule has 0 aromatic carbocycles. The minimum absolute atomic E-state index is 0.0212. The molecule has 0 bridgehead atoms. The number of hydrogen-bond donors (Lipinski definition) is 2. The highest BCUT2D eigenvalue weighted by Crippen LogP contribution is 2.38. The quantitative estimate of drug-likeness (QED) is 0.458. The minimum Gasteiger partial charge on any atom is -0.394 e. The second kappa shape index (κ2) is 9.00. The van der Waals surface area contributed by atoms with Crippen LogP contribution in [0.3, 0.4) is 0 Å². The topological polar surface area (TPSA) is 122 Å². The Morgan fingerprint density at radius 3 is 2.77 bits per heavy atom. The van der Waals surface area contributed by atoms with Gasteiger partial charge >= 0.3 is 0 Å². The standard InChI is InChI=1S/C21H26F2N6O4S2/c1-3-12-11-33-13(10-30)8-28(12)15-6-14(35(31,32)27-21(2)4-5-21)9-29-16(15)7-24-18(29)20-26-25-19(34-20)17(22)23/h6-7,9,12-13,17,27,30H,3-5,8,10-11H2,1-2H3/t12-,13+/m0/s1. The van der Waals surface area contributed by atoms with Gasteiger partial charge in [0, 0.05) is 18.3 Å². The second-order valence-electron chi connectivity index (χ2n) is 9.16. The summed E-state index contributed by atoms with van der Waals surface area (Å²) < 4.78 is 63.0. The molecule has 0 spiro atoms. The van der Waals surface area contributed by atoms with Crippen LogP contribution in [0.2, 0.25) is 0 Å². The highest BCUT2D eigenvalue weighted by molar-refractivity contribution is 7.89. The van der Waals surface area contributed by atoms with Crippen molar-refractivity contribution in [3.63, 3.8) is 0 Å². The third-order valence-corrected chi connectivity index (χ3v) is 8.99. The number of alkyl halides is 2. The first-order valence-electron chi connectivity index (χ1n) is 11.3. The third kappa shape index (κ3) is 4.65. The van der Waals surface area contributed by atoms with Gasteiger partial charge in [0.05, 0.1) is 42.8 Å². The van der Waals surface area contributed by atoms with E-state index >= 15 is 0 Å². The van der Waals surface area contributed by atoms with Gasteiger partial charge in [0.25, 0.3) is 6.43 Å². The van der Waals surface area contributed by atoms with Gasteiger partial charge in [-0.2, -0.15) is 0 Å². The highest BCUT2D eigenvalue weighted by Gasteiger charge is 2.42. The Morgan fingerprint density at radius 2 is 2.14 bits per heavy atom. The summed E-state index contributed by atoms with van der Waals surface area (Å²) in [6.07, 6.45) is 2.03. The second-order valence-corrected chi connectivity index (χ2v) is 11.9. The lowest BCUT2D eigenvalue weighted by molar-refractivity contribution is -0.0134. The maximum atomic E-state index is 13.3. The molecule has 2 atom stereocenters. The summed E-state index contributed by atoms with van der Waals surface area (Å²) in [5.41, 5.74) is 0.700. The van der Waals surface area contributed by atoms with Gasteiger partial charge in [-0.1, -0.05) is 18.3 Å². The van der Waals surface area contributed by atoms with Gasteiger partial charge in [-0.15, -0.1) is 10.2 Å². The lowest BCUT2D eigenvalue weighted by Gasteiger charge is -2.40. The molecule has 35 heavy (non-hydrogen) atoms. The molecule has 2 fully saturated rings. The Balaban J connectivity index is 1.68. The number of aromatic nitrogens is 4. The fraction of sp³-hybridized carbons (Fsp3) is 0.571. The molecule has 14 heteroatoms. The molecule has 3 aromatic heterocycles. The Hall–Kier alpha value is -2.26. The number of nitrogens with zero attached hydrogens (tertiary/aromatic N) is 5. The first-order chi connectivity index (χ1) is 16.6. The first-order valence-corrected chi connectivity index (χ1v) is 13.6. The molecule has 2 N–H and O–H groups in total. The van der Waals surface area contributed by atoms with Crippen molar-refractivity contribution in [3.05, 3.63) is 23.5 Å². The molecular weight excluding hydrogens is 502 g/mol. The maximum absolute atomic E-state index is 13.3. The number of nitrogens with one attached hydrogen (secondary N) is 1. The highest BCUT2D eigenvalue weighted by atomic mass is 32.2. The molecule has 3 aromatic rings. The van der Waals surface area contributed by atoms with Crippen LogP contribution < -0.4 is 9.62 Å². The van der Waals surface area contributed by atoms with E-state index in [1.807, 2.05) is 18.7 Å². The third-order valence-electron chi connectivity index (χ3n) is 6.45. The van der Waals surface area contributed by atoms with Crippen LogP contribution in [0.5, 0.6) is 0 Å². The van der Waals surface area contributed by atoms with Crippen LogP contribution in [-0.4, -0.2) is 70.5 Å². The molecule has 10 nitrogen and oxygen atoms in total. The number of imidazole rings is 1. The largest absolute Gasteiger partial charge is 0.394 e. The normalized spacial score (nSPS) is 22.3. The van der Waals surface area contributed by atoms with Crippen molar-refractivity contribution in [2.24, 2.45) is 0 Å². The van der Waals surface area contributed by atoms with Gasteiger partial charge in [0.2, 0.25) is 10.0 Å². The molecule has 4 heterocycles. The Bertz CT molecular complexity index is 1340. The number of morpholine rings is 1. The molecule has 0 unspecified atom stereocenters. The van der Waals surface area contributed by atoms with E-state index in [0.29, 0.717) is 35.7 Å². The molecule has 0 amide bonds. The first kappa shape index (κ1) is 24.4. The summed E-state index contributed by atoms with van der Waals surface area (Å²) >= 11 is 0.710. The summed E-state index contributed by atoms with van der Waals surface area (Å²) in [6, 6.07) is 1.54. The van der Waals surface area contributed by atoms with Crippen molar-refractivity contribution in [3.8, 4) is 10.8 Å². The summed E-state index contributed by atoms with van der Waals surface area (Å²) in [4.78, 5) is 6.44. The number of aliphatic hydroxyl groups is 1. The fourth-order valence-corrected chi connectivity index (χ4v) is 6.35. The van der Waals surface area contributed by atoms with E-state index < -0.39 is 33.1 Å². The van der Waals surface area contributed by atoms with Crippen LogP contribution in [0.1, 0.15) is 44.5 Å². The maximum Gasteiger partial charge on any atom is 0.291 e. The lowest BCUT2D eigenvalue weighted by Crippen LogP contribution is -2.51. The molecule has 1 aliphatic carbocycles. The SMILES string of the molecule is CC[C@H]1CO[C@@H](CO)CN1c1cc(S(=O)(=O)NC2(C)CC2)cn2c(-c3nnc(C(F)F)s3)ncc12. The molecular formula is C21H26F2N6O4S2. The van der Waals surface area contributed by atoms with Crippen molar-refractivity contribution < 1.29 is 27.0 Å². The number of anilines is 1. The Morgan fingerprint density at radius 1 is 1.37 bits per heavy atom. The van der Waals surface area contributed by atoms with Crippen molar-refractivity contribution in [1.82, 2.24) is 24.3 Å². The van der Waals surface area contributed by atoms with E-state index in [1.165, 1.54) is 6.20 Å². The van der Waals surface area contributed by atoms with Crippen LogP contribution >= 0.6 is 11.3 Å². The zero-order valence-corrected chi connectivity index (χ0v) is 20.8. The van der Waals surface area contributed by atoms with E-state index in [9.17, 15) is 22.3 Å². The van der Waals surface area contributed by atoms with Gasteiger partial charge in [0.1, 0.15) is 4.90 Å². The molecule has 1 saturated carbocycles. The summed E-state index contributed by atoms with van der Waals surface area (Å²) in [5, 5.41) is 16.8. The van der Waals surface area contributed by atoms with Crippen LogP contribution in [0.15, 0.2) is 23.4 Å². The monoisotopic (exact) mass is 528 g/mol. The van der Waals surface area contributed by atoms with Crippen LogP contribution in [0, 0.1) is 0 Å². The number of rotatable bonds is 8. The predicted octanol–water partition coefficient (Wildman–Crippen LogP) is 2.60. The van der Waals surface area contributed by atoms with Gasteiger partial charge in [0.15, 0.2) is 15.8 Å².